The number of hydrogen-bond acceptors (Lipinski definition) is 5. The van der Waals surface area contributed by atoms with Crippen molar-refractivity contribution in [3.63, 3.8) is 0 Å². The largest absolute Gasteiger partial charge is 0.496 e. The molecule has 0 saturated heterocycles. The molecule has 4 nitrogen and oxygen atoms in total. The van der Waals surface area contributed by atoms with Crippen LogP contribution in [0.2, 0.25) is 0 Å². The molecule has 1 aromatic heterocycles. The minimum atomic E-state index is -0.115. The Hall–Kier alpha value is -1.59. The van der Waals surface area contributed by atoms with Gasteiger partial charge in [-0.25, -0.2) is 9.97 Å². The molecule has 0 radical (unpaired) electrons. The number of nitrogens with zero attached hydrogens (tertiary/aromatic N) is 2. The molecule has 2 rings (SSSR count). The normalized spacial score (nSPS) is 12.3. The van der Waals surface area contributed by atoms with Crippen LogP contribution >= 0.6 is 11.8 Å². The fraction of sp³-hybridized carbons (Fsp3) is 0.375. The molecule has 0 bridgehead atoms. The summed E-state index contributed by atoms with van der Waals surface area (Å²) >= 11 is 1.53. The Bertz CT molecular complexity index is 633. The van der Waals surface area contributed by atoms with Crippen molar-refractivity contribution in [3.8, 4) is 5.75 Å². The number of ether oxygens (including phenoxy) is 1. The van der Waals surface area contributed by atoms with Gasteiger partial charge in [0.15, 0.2) is 5.16 Å². The van der Waals surface area contributed by atoms with E-state index in [1.165, 1.54) is 11.8 Å². The molecule has 0 amide bonds. The molecular formula is C16H21N3OS. The zero-order valence-corrected chi connectivity index (χ0v) is 13.9. The van der Waals surface area contributed by atoms with Gasteiger partial charge in [0, 0.05) is 27.9 Å². The van der Waals surface area contributed by atoms with Gasteiger partial charge in [0.2, 0.25) is 0 Å². The lowest BCUT2D eigenvalue weighted by molar-refractivity contribution is 0.405. The van der Waals surface area contributed by atoms with E-state index in [2.05, 4.69) is 9.97 Å². The zero-order chi connectivity index (χ0) is 15.6. The number of rotatable bonds is 4. The Labute approximate surface area is 130 Å². The van der Waals surface area contributed by atoms with Crippen molar-refractivity contribution in [3.05, 3.63) is 40.7 Å². The molecule has 0 aliphatic rings. The van der Waals surface area contributed by atoms with Crippen LogP contribution in [0.15, 0.2) is 28.3 Å². The van der Waals surface area contributed by atoms with Crippen LogP contribution in [0.4, 0.5) is 0 Å². The van der Waals surface area contributed by atoms with Crippen molar-refractivity contribution in [2.45, 2.75) is 43.8 Å². The fourth-order valence-electron chi connectivity index (χ4n) is 2.13. The molecule has 2 N–H and O–H groups in total. The van der Waals surface area contributed by atoms with E-state index < -0.39 is 0 Å². The van der Waals surface area contributed by atoms with Gasteiger partial charge >= 0.3 is 0 Å². The Morgan fingerprint density at radius 1 is 1.14 bits per heavy atom. The first-order chi connectivity index (χ1) is 9.93. The van der Waals surface area contributed by atoms with E-state index in [4.69, 9.17) is 10.5 Å². The predicted molar refractivity (Wildman–Crippen MR) is 86.0 cm³/mol. The molecule has 5 heteroatoms. The standard InChI is InChI=1S/C16H21N3OS/c1-9-11(3)18-16(19-12(9)4)21-14-8-6-7-13(20-5)15(14)10(2)17/h6-8,10H,17H2,1-5H3/t10-/m1/s1. The van der Waals surface area contributed by atoms with Crippen molar-refractivity contribution < 1.29 is 4.74 Å². The van der Waals surface area contributed by atoms with E-state index in [9.17, 15) is 0 Å². The second kappa shape index (κ2) is 6.45. The van der Waals surface area contributed by atoms with Crippen molar-refractivity contribution in [1.29, 1.82) is 0 Å². The molecule has 1 atom stereocenters. The van der Waals surface area contributed by atoms with Gasteiger partial charge in [-0.05, 0) is 57.2 Å². The van der Waals surface area contributed by atoms with Crippen LogP contribution in [0.1, 0.15) is 35.5 Å². The van der Waals surface area contributed by atoms with Gasteiger partial charge in [0.1, 0.15) is 5.75 Å². The lowest BCUT2D eigenvalue weighted by atomic mass is 10.1. The molecule has 2 aromatic rings. The lowest BCUT2D eigenvalue weighted by Crippen LogP contribution is -2.08. The predicted octanol–water partition coefficient (Wildman–Crippen LogP) is 3.58. The molecule has 0 unspecified atom stereocenters. The van der Waals surface area contributed by atoms with Crippen LogP contribution in [-0.4, -0.2) is 17.1 Å². The van der Waals surface area contributed by atoms with Gasteiger partial charge in [-0.3, -0.25) is 0 Å². The van der Waals surface area contributed by atoms with Gasteiger partial charge < -0.3 is 10.5 Å². The minimum absolute atomic E-state index is 0.115. The molecule has 0 fully saturated rings. The summed E-state index contributed by atoms with van der Waals surface area (Å²) in [5.41, 5.74) is 10.2. The first kappa shape index (κ1) is 15.8. The Morgan fingerprint density at radius 3 is 2.29 bits per heavy atom. The van der Waals surface area contributed by atoms with Crippen molar-refractivity contribution >= 4 is 11.8 Å². The quantitative estimate of drug-likeness (QED) is 0.875. The summed E-state index contributed by atoms with van der Waals surface area (Å²) < 4.78 is 5.42. The van der Waals surface area contributed by atoms with E-state index in [0.717, 1.165) is 38.3 Å². The Morgan fingerprint density at radius 2 is 1.76 bits per heavy atom. The third kappa shape index (κ3) is 3.36. The van der Waals surface area contributed by atoms with E-state index >= 15 is 0 Å². The smallest absolute Gasteiger partial charge is 0.192 e. The maximum absolute atomic E-state index is 6.09. The summed E-state index contributed by atoms with van der Waals surface area (Å²) in [7, 11) is 1.66. The maximum atomic E-state index is 6.09. The van der Waals surface area contributed by atoms with Gasteiger partial charge in [-0.1, -0.05) is 6.07 Å². The molecule has 0 aliphatic carbocycles. The van der Waals surface area contributed by atoms with Crippen molar-refractivity contribution in [2.75, 3.05) is 7.11 Å². The lowest BCUT2D eigenvalue weighted by Gasteiger charge is -2.16. The Balaban J connectivity index is 2.44. The van der Waals surface area contributed by atoms with Gasteiger partial charge in [-0.15, -0.1) is 0 Å². The molecule has 21 heavy (non-hydrogen) atoms. The molecule has 0 spiro atoms. The summed E-state index contributed by atoms with van der Waals surface area (Å²) in [6, 6.07) is 5.80. The second-order valence-electron chi connectivity index (χ2n) is 5.06. The van der Waals surface area contributed by atoms with E-state index in [0.29, 0.717) is 0 Å². The summed E-state index contributed by atoms with van der Waals surface area (Å²) in [4.78, 5) is 10.1. The van der Waals surface area contributed by atoms with Crippen LogP contribution in [0.3, 0.4) is 0 Å². The first-order valence-electron chi connectivity index (χ1n) is 6.86. The van der Waals surface area contributed by atoms with Crippen molar-refractivity contribution in [1.82, 2.24) is 9.97 Å². The van der Waals surface area contributed by atoms with E-state index in [-0.39, 0.29) is 6.04 Å². The second-order valence-corrected chi connectivity index (χ2v) is 6.07. The van der Waals surface area contributed by atoms with Gasteiger partial charge in [0.25, 0.3) is 0 Å². The number of hydrogen-bond donors (Lipinski definition) is 1. The van der Waals surface area contributed by atoms with Gasteiger partial charge in [0.05, 0.1) is 7.11 Å². The molecule has 0 saturated carbocycles. The average molecular weight is 303 g/mol. The van der Waals surface area contributed by atoms with E-state index in [1.54, 1.807) is 7.11 Å². The summed E-state index contributed by atoms with van der Waals surface area (Å²) in [6.45, 7) is 8.00. The molecular weight excluding hydrogens is 282 g/mol. The number of benzene rings is 1. The first-order valence-corrected chi connectivity index (χ1v) is 7.67. The van der Waals surface area contributed by atoms with Crippen LogP contribution in [0.5, 0.6) is 5.75 Å². The number of nitrogens with two attached hydrogens (primary N) is 1. The molecule has 112 valence electrons. The summed E-state index contributed by atoms with van der Waals surface area (Å²) in [5, 5.41) is 0.741. The highest BCUT2D eigenvalue weighted by atomic mass is 32.2. The highest BCUT2D eigenvalue weighted by Gasteiger charge is 2.15. The Kier molecular flexibility index (Phi) is 4.85. The minimum Gasteiger partial charge on any atom is -0.496 e. The number of aryl methyl sites for hydroxylation is 2. The molecule has 1 heterocycles. The fourth-order valence-corrected chi connectivity index (χ4v) is 3.23. The zero-order valence-electron chi connectivity index (χ0n) is 13.1. The summed E-state index contributed by atoms with van der Waals surface area (Å²) in [5.74, 6) is 0.801. The topological polar surface area (TPSA) is 61.0 Å². The third-order valence-corrected chi connectivity index (χ3v) is 4.46. The van der Waals surface area contributed by atoms with Gasteiger partial charge in [-0.2, -0.15) is 0 Å². The van der Waals surface area contributed by atoms with Crippen LogP contribution in [-0.2, 0) is 0 Å². The highest BCUT2D eigenvalue weighted by molar-refractivity contribution is 7.99. The van der Waals surface area contributed by atoms with Crippen molar-refractivity contribution in [2.24, 2.45) is 5.73 Å². The van der Waals surface area contributed by atoms with Crippen LogP contribution in [0.25, 0.3) is 0 Å². The highest BCUT2D eigenvalue weighted by Crippen LogP contribution is 2.36. The van der Waals surface area contributed by atoms with Crippen LogP contribution < -0.4 is 10.5 Å². The monoisotopic (exact) mass is 303 g/mol. The van der Waals surface area contributed by atoms with E-state index in [1.807, 2.05) is 45.9 Å². The SMILES string of the molecule is COc1cccc(Sc2nc(C)c(C)c(C)n2)c1[C@@H](C)N. The number of methoxy groups -OCH3 is 1. The maximum Gasteiger partial charge on any atom is 0.192 e. The third-order valence-electron chi connectivity index (χ3n) is 3.51. The van der Waals surface area contributed by atoms with Crippen LogP contribution in [0, 0.1) is 20.8 Å². The average Bonchev–Trinajstić information content (AvgIpc) is 2.44. The molecule has 0 aliphatic heterocycles. The number of aromatic nitrogens is 2. The summed E-state index contributed by atoms with van der Waals surface area (Å²) in [6.07, 6.45) is 0. The molecule has 1 aromatic carbocycles.